The second kappa shape index (κ2) is 10.5. The second-order valence-electron chi connectivity index (χ2n) is 11.1. The molecule has 1 aliphatic heterocycles. The Labute approximate surface area is 247 Å². The fourth-order valence-electron chi connectivity index (χ4n) is 5.88. The van der Waals surface area contributed by atoms with Gasteiger partial charge in [0.25, 0.3) is 0 Å². The van der Waals surface area contributed by atoms with E-state index in [0.29, 0.717) is 0 Å². The molecule has 0 fully saturated rings. The number of nitrogens with zero attached hydrogens (tertiary/aromatic N) is 1. The first kappa shape index (κ1) is 25.4. The highest BCUT2D eigenvalue weighted by Gasteiger charge is 2.33. The fourth-order valence-corrected chi connectivity index (χ4v) is 7.26. The quantitative estimate of drug-likeness (QED) is 0.212. The van der Waals surface area contributed by atoms with E-state index in [9.17, 15) is 0 Å². The van der Waals surface area contributed by atoms with Crippen molar-refractivity contribution in [3.05, 3.63) is 163 Å². The summed E-state index contributed by atoms with van der Waals surface area (Å²) in [6.07, 6.45) is 0. The molecular weight excluding hydrogens is 515 g/mol. The first-order valence-corrected chi connectivity index (χ1v) is 14.9. The molecule has 7 rings (SSSR count). The average molecular weight is 546 g/mol. The Morgan fingerprint density at radius 1 is 0.415 bits per heavy atom. The van der Waals surface area contributed by atoms with Crippen molar-refractivity contribution in [3.8, 4) is 22.3 Å². The van der Waals surface area contributed by atoms with Gasteiger partial charge in [0.05, 0.1) is 0 Å². The number of rotatable bonds is 5. The fraction of sp³-hybridized carbons (Fsp3) is 0.0769. The Hall–Kier alpha value is -4.53. The lowest BCUT2D eigenvalue weighted by atomic mass is 9.77. The normalized spacial score (nSPS) is 13.2. The molecular formula is C39H31NS. The van der Waals surface area contributed by atoms with Gasteiger partial charge in [-0.1, -0.05) is 123 Å². The minimum atomic E-state index is -0.0385. The van der Waals surface area contributed by atoms with Crippen molar-refractivity contribution in [2.75, 3.05) is 4.90 Å². The summed E-state index contributed by atoms with van der Waals surface area (Å²) in [6.45, 7) is 4.69. The standard InChI is InChI=1S/C39H31NS/c1-39(2)35-15-9-10-16-37(35)41-38-26-21-31(27-36(38)39)30-19-24-34(25-20-30)40(32-13-7-4-8-14-32)33-22-17-29(18-23-33)28-11-5-3-6-12-28/h3-27H,1-2H3. The smallest absolute Gasteiger partial charge is 0.0462 e. The topological polar surface area (TPSA) is 3.24 Å². The highest BCUT2D eigenvalue weighted by atomic mass is 32.2. The maximum atomic E-state index is 2.39. The van der Waals surface area contributed by atoms with E-state index in [1.165, 1.54) is 43.2 Å². The lowest BCUT2D eigenvalue weighted by Gasteiger charge is -2.35. The van der Waals surface area contributed by atoms with E-state index in [-0.39, 0.29) is 5.41 Å². The SMILES string of the molecule is CC1(C)c2ccccc2Sc2ccc(-c3ccc(N(c4ccccc4)c4ccc(-c5ccccc5)cc4)cc3)cc21. The van der Waals surface area contributed by atoms with Gasteiger partial charge >= 0.3 is 0 Å². The summed E-state index contributed by atoms with van der Waals surface area (Å²) in [5, 5.41) is 0. The van der Waals surface area contributed by atoms with E-state index in [0.717, 1.165) is 17.1 Å². The van der Waals surface area contributed by atoms with E-state index in [2.05, 4.69) is 170 Å². The van der Waals surface area contributed by atoms with Crippen molar-refractivity contribution in [3.63, 3.8) is 0 Å². The van der Waals surface area contributed by atoms with E-state index >= 15 is 0 Å². The summed E-state index contributed by atoms with van der Waals surface area (Å²) in [6, 6.07) is 54.7. The summed E-state index contributed by atoms with van der Waals surface area (Å²) in [5.41, 5.74) is 11.1. The summed E-state index contributed by atoms with van der Waals surface area (Å²) in [7, 11) is 0. The zero-order chi connectivity index (χ0) is 27.8. The molecule has 0 spiro atoms. The van der Waals surface area contributed by atoms with E-state index in [1.54, 1.807) is 0 Å². The Bertz CT molecular complexity index is 1800. The Morgan fingerprint density at radius 2 is 0.878 bits per heavy atom. The van der Waals surface area contributed by atoms with Gasteiger partial charge in [-0.2, -0.15) is 0 Å². The molecule has 198 valence electrons. The number of para-hydroxylation sites is 1. The van der Waals surface area contributed by atoms with Crippen LogP contribution in [0.25, 0.3) is 22.3 Å². The molecule has 0 aliphatic carbocycles. The maximum absolute atomic E-state index is 2.39. The number of benzene rings is 6. The van der Waals surface area contributed by atoms with Crippen molar-refractivity contribution in [2.24, 2.45) is 0 Å². The lowest BCUT2D eigenvalue weighted by molar-refractivity contribution is 0.607. The van der Waals surface area contributed by atoms with Gasteiger partial charge in [-0.3, -0.25) is 0 Å². The van der Waals surface area contributed by atoms with Crippen molar-refractivity contribution < 1.29 is 0 Å². The van der Waals surface area contributed by atoms with Crippen molar-refractivity contribution in [1.82, 2.24) is 0 Å². The molecule has 0 unspecified atom stereocenters. The molecule has 1 aliphatic rings. The van der Waals surface area contributed by atoms with Crippen LogP contribution in [0.1, 0.15) is 25.0 Å². The lowest BCUT2D eigenvalue weighted by Crippen LogP contribution is -2.23. The molecule has 0 amide bonds. The first-order valence-electron chi connectivity index (χ1n) is 14.1. The van der Waals surface area contributed by atoms with Crippen LogP contribution in [0.2, 0.25) is 0 Å². The Kier molecular flexibility index (Phi) is 6.49. The van der Waals surface area contributed by atoms with Crippen LogP contribution in [0.15, 0.2) is 161 Å². The Balaban J connectivity index is 1.23. The average Bonchev–Trinajstić information content (AvgIpc) is 3.03. The molecule has 6 aromatic rings. The highest BCUT2D eigenvalue weighted by molar-refractivity contribution is 7.99. The van der Waals surface area contributed by atoms with Crippen LogP contribution >= 0.6 is 11.8 Å². The number of fused-ring (bicyclic) bond motifs is 2. The monoisotopic (exact) mass is 545 g/mol. The van der Waals surface area contributed by atoms with Crippen LogP contribution in [0.3, 0.4) is 0 Å². The van der Waals surface area contributed by atoms with Crippen LogP contribution in [-0.2, 0) is 5.41 Å². The van der Waals surface area contributed by atoms with E-state index < -0.39 is 0 Å². The zero-order valence-electron chi connectivity index (χ0n) is 23.3. The Morgan fingerprint density at radius 3 is 1.54 bits per heavy atom. The molecule has 0 radical (unpaired) electrons. The van der Waals surface area contributed by atoms with Gasteiger partial charge in [0.1, 0.15) is 0 Å². The molecule has 6 aromatic carbocycles. The van der Waals surface area contributed by atoms with Crippen LogP contribution < -0.4 is 4.90 Å². The number of anilines is 3. The predicted octanol–water partition coefficient (Wildman–Crippen LogP) is 11.3. The molecule has 0 bridgehead atoms. The summed E-state index contributed by atoms with van der Waals surface area (Å²) in [4.78, 5) is 5.03. The minimum Gasteiger partial charge on any atom is -0.311 e. The van der Waals surface area contributed by atoms with Crippen molar-refractivity contribution in [1.29, 1.82) is 0 Å². The van der Waals surface area contributed by atoms with Crippen molar-refractivity contribution >= 4 is 28.8 Å². The van der Waals surface area contributed by atoms with Crippen molar-refractivity contribution in [2.45, 2.75) is 29.1 Å². The highest BCUT2D eigenvalue weighted by Crippen LogP contribution is 2.50. The van der Waals surface area contributed by atoms with Gasteiger partial charge in [-0.25, -0.2) is 0 Å². The van der Waals surface area contributed by atoms with Gasteiger partial charge in [0.15, 0.2) is 0 Å². The summed E-state index contributed by atoms with van der Waals surface area (Å²) < 4.78 is 0. The molecule has 0 atom stereocenters. The summed E-state index contributed by atoms with van der Waals surface area (Å²) in [5.74, 6) is 0. The molecule has 0 aromatic heterocycles. The third kappa shape index (κ3) is 4.75. The van der Waals surface area contributed by atoms with Gasteiger partial charge in [-0.05, 0) is 88.0 Å². The third-order valence-corrected chi connectivity index (χ3v) is 9.29. The predicted molar refractivity (Wildman–Crippen MR) is 175 cm³/mol. The molecule has 1 nitrogen and oxygen atoms in total. The van der Waals surface area contributed by atoms with Gasteiger partial charge in [0.2, 0.25) is 0 Å². The van der Waals surface area contributed by atoms with E-state index in [1.807, 2.05) is 11.8 Å². The number of hydrogen-bond donors (Lipinski definition) is 0. The van der Waals surface area contributed by atoms with Crippen LogP contribution in [0.5, 0.6) is 0 Å². The molecule has 2 heteroatoms. The minimum absolute atomic E-state index is 0.0385. The van der Waals surface area contributed by atoms with E-state index in [4.69, 9.17) is 0 Å². The zero-order valence-corrected chi connectivity index (χ0v) is 24.1. The van der Waals surface area contributed by atoms with Crippen LogP contribution in [0, 0.1) is 0 Å². The first-order chi connectivity index (χ1) is 20.1. The van der Waals surface area contributed by atoms with Gasteiger partial charge < -0.3 is 4.90 Å². The molecule has 0 N–H and O–H groups in total. The third-order valence-electron chi connectivity index (χ3n) is 8.14. The van der Waals surface area contributed by atoms with Gasteiger partial charge in [-0.15, -0.1) is 0 Å². The number of hydrogen-bond acceptors (Lipinski definition) is 2. The molecule has 41 heavy (non-hydrogen) atoms. The van der Waals surface area contributed by atoms with Crippen LogP contribution in [0.4, 0.5) is 17.1 Å². The molecule has 0 saturated heterocycles. The molecule has 0 saturated carbocycles. The van der Waals surface area contributed by atoms with Crippen LogP contribution in [-0.4, -0.2) is 0 Å². The van der Waals surface area contributed by atoms with Gasteiger partial charge in [0, 0.05) is 32.3 Å². The molecule has 1 heterocycles. The largest absolute Gasteiger partial charge is 0.311 e. The summed E-state index contributed by atoms with van der Waals surface area (Å²) >= 11 is 1.88. The second-order valence-corrected chi connectivity index (χ2v) is 12.1. The maximum Gasteiger partial charge on any atom is 0.0462 e.